The number of carbonyl (C=O) groups excluding carboxylic acids is 1. The molecule has 0 aromatic heterocycles. The van der Waals surface area contributed by atoms with E-state index >= 15 is 0 Å². The zero-order valence-corrected chi connectivity index (χ0v) is 20.7. The predicted octanol–water partition coefficient (Wildman–Crippen LogP) is 8.21. The van der Waals surface area contributed by atoms with Crippen molar-refractivity contribution in [2.24, 2.45) is 11.8 Å². The molecule has 1 aromatic rings. The lowest BCUT2D eigenvalue weighted by atomic mass is 9.75. The van der Waals surface area contributed by atoms with E-state index in [1.54, 1.807) is 0 Å². The molecule has 3 rings (SSSR count). The average molecular weight is 448 g/mol. The molecule has 0 bridgehead atoms. The van der Waals surface area contributed by atoms with E-state index in [2.05, 4.69) is 26.0 Å². The molecule has 0 saturated heterocycles. The van der Waals surface area contributed by atoms with Gasteiger partial charge in [-0.2, -0.15) is 5.26 Å². The minimum absolute atomic E-state index is 0.0228. The molecule has 1 aromatic carbocycles. The number of ether oxygens (including phenoxy) is 1. The first-order valence-electron chi connectivity index (χ1n) is 13.2. The smallest absolute Gasteiger partial charge is 0.314 e. The van der Waals surface area contributed by atoms with Crippen molar-refractivity contribution in [3.63, 3.8) is 0 Å². The van der Waals surface area contributed by atoms with Crippen LogP contribution in [0.15, 0.2) is 48.1 Å². The lowest BCUT2D eigenvalue weighted by Crippen LogP contribution is -2.28. The highest BCUT2D eigenvalue weighted by atomic mass is 16.5. The number of para-hydroxylation sites is 1. The highest BCUT2D eigenvalue weighted by molar-refractivity contribution is 5.76. The summed E-state index contributed by atoms with van der Waals surface area (Å²) >= 11 is 0. The standard InChI is InChI=1S/C30H41NO2/c1-3-5-6-7-8-9-12-25-15-17-26(18-16-25)29(32)33-28-14-11-10-13-27(28)30(23-31)21-19-24(4-2)20-22-30/h10-11,13-14,19-21,25-26H,3-9,12,15-18,22H2,1-2H3. The van der Waals surface area contributed by atoms with Gasteiger partial charge in [0.2, 0.25) is 0 Å². The van der Waals surface area contributed by atoms with Gasteiger partial charge in [0.15, 0.2) is 0 Å². The number of esters is 1. The van der Waals surface area contributed by atoms with E-state index in [4.69, 9.17) is 4.74 Å². The molecule has 1 unspecified atom stereocenters. The van der Waals surface area contributed by atoms with Crippen LogP contribution >= 0.6 is 0 Å². The van der Waals surface area contributed by atoms with E-state index in [1.807, 2.05) is 36.4 Å². The number of unbranched alkanes of at least 4 members (excludes halogenated alkanes) is 5. The molecular weight excluding hydrogens is 406 g/mol. The van der Waals surface area contributed by atoms with Gasteiger partial charge in [0.1, 0.15) is 11.2 Å². The van der Waals surface area contributed by atoms with Gasteiger partial charge >= 0.3 is 5.97 Å². The molecule has 178 valence electrons. The van der Waals surface area contributed by atoms with E-state index in [-0.39, 0.29) is 11.9 Å². The van der Waals surface area contributed by atoms with Crippen molar-refractivity contribution in [1.82, 2.24) is 0 Å². The summed E-state index contributed by atoms with van der Waals surface area (Å²) < 4.78 is 5.94. The number of rotatable bonds is 11. The number of nitrogens with zero attached hydrogens (tertiary/aromatic N) is 1. The van der Waals surface area contributed by atoms with Crippen LogP contribution < -0.4 is 4.74 Å². The summed E-state index contributed by atoms with van der Waals surface area (Å²) in [6.45, 7) is 4.38. The first kappa shape index (κ1) is 25.3. The molecule has 0 radical (unpaired) electrons. The fraction of sp³-hybridized carbons (Fsp3) is 0.600. The fourth-order valence-electron chi connectivity index (χ4n) is 5.30. The molecule has 3 nitrogen and oxygen atoms in total. The monoisotopic (exact) mass is 447 g/mol. The van der Waals surface area contributed by atoms with E-state index in [1.165, 1.54) is 50.5 Å². The first-order chi connectivity index (χ1) is 16.1. The third kappa shape index (κ3) is 6.83. The highest BCUT2D eigenvalue weighted by Gasteiger charge is 2.35. The Balaban J connectivity index is 1.53. The van der Waals surface area contributed by atoms with E-state index in [0.29, 0.717) is 12.2 Å². The van der Waals surface area contributed by atoms with Gasteiger partial charge in [-0.3, -0.25) is 4.79 Å². The summed E-state index contributed by atoms with van der Waals surface area (Å²) in [6, 6.07) is 10.1. The summed E-state index contributed by atoms with van der Waals surface area (Å²) in [5.41, 5.74) is 1.26. The van der Waals surface area contributed by atoms with E-state index in [9.17, 15) is 10.1 Å². The van der Waals surface area contributed by atoms with Gasteiger partial charge in [-0.05, 0) is 50.5 Å². The maximum atomic E-state index is 13.0. The van der Waals surface area contributed by atoms with Crippen molar-refractivity contribution >= 4 is 5.97 Å². The largest absolute Gasteiger partial charge is 0.426 e. The first-order valence-corrected chi connectivity index (χ1v) is 13.2. The minimum atomic E-state index is -0.773. The van der Waals surface area contributed by atoms with Crippen LogP contribution in [-0.2, 0) is 10.2 Å². The van der Waals surface area contributed by atoms with Crippen LogP contribution in [0.25, 0.3) is 0 Å². The number of nitriles is 1. The van der Waals surface area contributed by atoms with Crippen LogP contribution in [0.3, 0.4) is 0 Å². The molecule has 1 fully saturated rings. The zero-order chi connectivity index (χ0) is 23.5. The van der Waals surface area contributed by atoms with Gasteiger partial charge in [0, 0.05) is 5.56 Å². The van der Waals surface area contributed by atoms with E-state index in [0.717, 1.165) is 43.6 Å². The molecule has 0 heterocycles. The Morgan fingerprint density at radius 3 is 2.45 bits per heavy atom. The van der Waals surface area contributed by atoms with Gasteiger partial charge in [0.05, 0.1) is 12.0 Å². The van der Waals surface area contributed by atoms with Crippen LogP contribution in [0.2, 0.25) is 0 Å². The Morgan fingerprint density at radius 2 is 1.79 bits per heavy atom. The average Bonchev–Trinajstić information content (AvgIpc) is 2.87. The van der Waals surface area contributed by atoms with Crippen LogP contribution in [-0.4, -0.2) is 5.97 Å². The molecule has 0 amide bonds. The quantitative estimate of drug-likeness (QED) is 0.195. The number of carbonyl (C=O) groups is 1. The van der Waals surface area contributed by atoms with Gasteiger partial charge in [-0.25, -0.2) is 0 Å². The SMILES string of the molecule is CCCCCCCCC1CCC(C(=O)Oc2ccccc2C2(C#N)C=CC(CC)=CC2)CC1. The van der Waals surface area contributed by atoms with Gasteiger partial charge < -0.3 is 4.74 Å². The van der Waals surface area contributed by atoms with Crippen LogP contribution in [0.1, 0.15) is 103 Å². The minimum Gasteiger partial charge on any atom is -0.426 e. The Hall–Kier alpha value is -2.34. The Morgan fingerprint density at radius 1 is 1.06 bits per heavy atom. The van der Waals surface area contributed by atoms with Crippen molar-refractivity contribution in [3.8, 4) is 11.8 Å². The van der Waals surface area contributed by atoms with Crippen LogP contribution in [0, 0.1) is 23.2 Å². The maximum Gasteiger partial charge on any atom is 0.314 e. The second-order valence-corrected chi connectivity index (χ2v) is 9.94. The lowest BCUT2D eigenvalue weighted by molar-refractivity contribution is -0.140. The second kappa shape index (κ2) is 12.8. The molecule has 3 heteroatoms. The Kier molecular flexibility index (Phi) is 9.79. The molecule has 1 saturated carbocycles. The highest BCUT2D eigenvalue weighted by Crippen LogP contribution is 2.40. The third-order valence-corrected chi connectivity index (χ3v) is 7.60. The summed E-state index contributed by atoms with van der Waals surface area (Å²) in [7, 11) is 0. The van der Waals surface area contributed by atoms with Crippen molar-refractivity contribution in [2.75, 3.05) is 0 Å². The number of allylic oxidation sites excluding steroid dienone is 4. The van der Waals surface area contributed by atoms with Gasteiger partial charge in [-0.1, -0.05) is 101 Å². The van der Waals surface area contributed by atoms with Crippen molar-refractivity contribution in [3.05, 3.63) is 53.6 Å². The summed E-state index contributed by atoms with van der Waals surface area (Å²) in [5.74, 6) is 1.15. The molecule has 0 N–H and O–H groups in total. The maximum absolute atomic E-state index is 13.0. The molecule has 0 spiro atoms. The Bertz CT molecular complexity index is 870. The molecule has 1 atom stereocenters. The van der Waals surface area contributed by atoms with Gasteiger partial charge in [0.25, 0.3) is 0 Å². The van der Waals surface area contributed by atoms with Crippen LogP contribution in [0.5, 0.6) is 5.75 Å². The predicted molar refractivity (Wildman–Crippen MR) is 135 cm³/mol. The second-order valence-electron chi connectivity index (χ2n) is 9.94. The molecule has 2 aliphatic carbocycles. The van der Waals surface area contributed by atoms with Crippen molar-refractivity contribution < 1.29 is 9.53 Å². The summed E-state index contributed by atoms with van der Waals surface area (Å²) in [6.07, 6.45) is 21.2. The molecule has 33 heavy (non-hydrogen) atoms. The normalized spacial score (nSPS) is 24.7. The molecular formula is C30H41NO2. The van der Waals surface area contributed by atoms with E-state index < -0.39 is 5.41 Å². The lowest BCUT2D eigenvalue weighted by Gasteiger charge is -2.29. The van der Waals surface area contributed by atoms with Crippen molar-refractivity contribution in [1.29, 1.82) is 5.26 Å². The Labute approximate surface area is 200 Å². The number of hydrogen-bond donors (Lipinski definition) is 0. The fourth-order valence-corrected chi connectivity index (χ4v) is 5.30. The number of benzene rings is 1. The topological polar surface area (TPSA) is 50.1 Å². The number of hydrogen-bond acceptors (Lipinski definition) is 3. The summed E-state index contributed by atoms with van der Waals surface area (Å²) in [5, 5.41) is 10.1. The third-order valence-electron chi connectivity index (χ3n) is 7.60. The summed E-state index contributed by atoms with van der Waals surface area (Å²) in [4.78, 5) is 13.0. The van der Waals surface area contributed by atoms with Crippen LogP contribution in [0.4, 0.5) is 0 Å². The zero-order valence-electron chi connectivity index (χ0n) is 20.7. The van der Waals surface area contributed by atoms with Crippen molar-refractivity contribution in [2.45, 2.75) is 103 Å². The molecule has 2 aliphatic rings. The van der Waals surface area contributed by atoms with Gasteiger partial charge in [-0.15, -0.1) is 0 Å². The molecule has 0 aliphatic heterocycles.